The summed E-state index contributed by atoms with van der Waals surface area (Å²) in [6.45, 7) is 8.45. The lowest BCUT2D eigenvalue weighted by atomic mass is 9.88. The molecule has 0 aromatic heterocycles. The van der Waals surface area contributed by atoms with Crippen molar-refractivity contribution in [1.29, 1.82) is 0 Å². The van der Waals surface area contributed by atoms with Gasteiger partial charge in [-0.25, -0.2) is 0 Å². The average molecular weight is 348 g/mol. The van der Waals surface area contributed by atoms with E-state index in [2.05, 4.69) is 72.2 Å². The lowest BCUT2D eigenvalue weighted by Crippen LogP contribution is -2.32. The van der Waals surface area contributed by atoms with Gasteiger partial charge in [0.15, 0.2) is 0 Å². The van der Waals surface area contributed by atoms with Crippen LogP contribution >= 0.6 is 0 Å². The van der Waals surface area contributed by atoms with Crippen molar-refractivity contribution in [1.82, 2.24) is 9.80 Å². The van der Waals surface area contributed by atoms with Crippen LogP contribution in [0.5, 0.6) is 0 Å². The highest BCUT2D eigenvalue weighted by molar-refractivity contribution is 5.64. The van der Waals surface area contributed by atoms with Crippen LogP contribution in [0.4, 0.5) is 0 Å². The van der Waals surface area contributed by atoms with E-state index in [1.54, 1.807) is 6.08 Å². The molecule has 0 bridgehead atoms. The smallest absolute Gasteiger partial charge is 0.144 e. The second-order valence-corrected chi connectivity index (χ2v) is 6.77. The average Bonchev–Trinajstić information content (AvgIpc) is 2.70. The third kappa shape index (κ3) is 4.05. The molecule has 2 aromatic carbocycles. The maximum Gasteiger partial charge on any atom is 0.144 e. The molecular formula is C23H28N2O. The Morgan fingerprint density at radius 3 is 2.50 bits per heavy atom. The molecule has 0 N–H and O–H groups in total. The van der Waals surface area contributed by atoms with E-state index in [1.165, 1.54) is 22.3 Å². The van der Waals surface area contributed by atoms with Gasteiger partial charge in [-0.1, -0.05) is 62.4 Å². The first kappa shape index (κ1) is 18.4. The van der Waals surface area contributed by atoms with Crippen molar-refractivity contribution in [2.45, 2.75) is 32.9 Å². The van der Waals surface area contributed by atoms with Gasteiger partial charge in [0.1, 0.15) is 6.29 Å². The van der Waals surface area contributed by atoms with E-state index >= 15 is 0 Å². The van der Waals surface area contributed by atoms with Crippen LogP contribution in [0, 0.1) is 0 Å². The second kappa shape index (κ2) is 8.81. The summed E-state index contributed by atoms with van der Waals surface area (Å²) in [5, 5.41) is 0. The predicted molar refractivity (Wildman–Crippen MR) is 107 cm³/mol. The number of carbonyl (C=O) groups excluding carboxylic acids is 1. The Morgan fingerprint density at radius 1 is 1.08 bits per heavy atom. The maximum absolute atomic E-state index is 10.8. The summed E-state index contributed by atoms with van der Waals surface area (Å²) in [6.07, 6.45) is 5.38. The molecule has 1 atom stereocenters. The van der Waals surface area contributed by atoms with Crippen LogP contribution in [0.2, 0.25) is 0 Å². The standard InChI is InChI=1S/C23H28N2O/c1-3-24(4-2)18-19-10-12-21(13-11-19)23-22-9-6-5-8-20(22)14-16-25(23)15-7-17-26/h5-13,15,17,23H,3-4,14,16,18H2,1-2H3. The molecule has 0 fully saturated rings. The number of fused-ring (bicyclic) bond motifs is 1. The minimum atomic E-state index is 0.165. The van der Waals surface area contributed by atoms with E-state index in [1.807, 2.05) is 6.20 Å². The van der Waals surface area contributed by atoms with Crippen LogP contribution in [0.3, 0.4) is 0 Å². The van der Waals surface area contributed by atoms with Gasteiger partial charge in [0.05, 0.1) is 6.04 Å². The van der Waals surface area contributed by atoms with Crippen molar-refractivity contribution in [3.8, 4) is 0 Å². The third-order valence-corrected chi connectivity index (χ3v) is 5.27. The van der Waals surface area contributed by atoms with E-state index < -0.39 is 0 Å². The van der Waals surface area contributed by atoms with Gasteiger partial charge in [0.2, 0.25) is 0 Å². The van der Waals surface area contributed by atoms with E-state index in [0.29, 0.717) is 0 Å². The van der Waals surface area contributed by atoms with E-state index in [4.69, 9.17) is 0 Å². The number of allylic oxidation sites excluding steroid dienone is 1. The topological polar surface area (TPSA) is 23.6 Å². The van der Waals surface area contributed by atoms with Crippen LogP contribution < -0.4 is 0 Å². The van der Waals surface area contributed by atoms with Gasteiger partial charge in [0.25, 0.3) is 0 Å². The van der Waals surface area contributed by atoms with Crippen LogP contribution in [0.1, 0.15) is 42.1 Å². The van der Waals surface area contributed by atoms with Gasteiger partial charge in [-0.3, -0.25) is 9.69 Å². The molecule has 26 heavy (non-hydrogen) atoms. The monoisotopic (exact) mass is 348 g/mol. The molecule has 0 radical (unpaired) electrons. The molecule has 3 heteroatoms. The molecule has 1 aliphatic rings. The summed E-state index contributed by atoms with van der Waals surface area (Å²) in [5.74, 6) is 0. The second-order valence-electron chi connectivity index (χ2n) is 6.77. The number of carbonyl (C=O) groups is 1. The zero-order valence-electron chi connectivity index (χ0n) is 15.8. The predicted octanol–water partition coefficient (Wildman–Crippen LogP) is 4.19. The van der Waals surface area contributed by atoms with Crippen LogP contribution in [-0.4, -0.2) is 35.7 Å². The normalized spacial score (nSPS) is 16.9. The number of aldehydes is 1. The lowest BCUT2D eigenvalue weighted by Gasteiger charge is -2.37. The Morgan fingerprint density at radius 2 is 1.81 bits per heavy atom. The Kier molecular flexibility index (Phi) is 6.24. The molecule has 0 aliphatic carbocycles. The number of benzene rings is 2. The number of hydrogen-bond donors (Lipinski definition) is 0. The van der Waals surface area contributed by atoms with Crippen LogP contribution in [0.15, 0.2) is 60.8 Å². The summed E-state index contributed by atoms with van der Waals surface area (Å²) in [7, 11) is 0. The highest BCUT2D eigenvalue weighted by Crippen LogP contribution is 2.35. The van der Waals surface area contributed by atoms with Crippen molar-refractivity contribution in [2.24, 2.45) is 0 Å². The minimum Gasteiger partial charge on any atom is -0.366 e. The summed E-state index contributed by atoms with van der Waals surface area (Å²) >= 11 is 0. The number of hydrogen-bond acceptors (Lipinski definition) is 3. The zero-order chi connectivity index (χ0) is 18.4. The molecule has 1 aliphatic heterocycles. The molecule has 1 unspecified atom stereocenters. The first-order valence-electron chi connectivity index (χ1n) is 9.53. The lowest BCUT2D eigenvalue weighted by molar-refractivity contribution is -0.104. The molecule has 136 valence electrons. The Balaban J connectivity index is 1.90. The van der Waals surface area contributed by atoms with Gasteiger partial charge in [-0.05, 0) is 47.8 Å². The van der Waals surface area contributed by atoms with E-state index in [9.17, 15) is 4.79 Å². The Labute approximate surface area is 156 Å². The van der Waals surface area contributed by atoms with Crippen molar-refractivity contribution in [3.05, 3.63) is 83.1 Å². The van der Waals surface area contributed by atoms with Gasteiger partial charge in [-0.15, -0.1) is 0 Å². The molecule has 0 saturated carbocycles. The number of rotatable bonds is 7. The largest absolute Gasteiger partial charge is 0.366 e. The number of nitrogens with zero attached hydrogens (tertiary/aromatic N) is 2. The van der Waals surface area contributed by atoms with Gasteiger partial charge in [0, 0.05) is 19.3 Å². The maximum atomic E-state index is 10.8. The SMILES string of the molecule is CCN(CC)Cc1ccc(C2c3ccccc3CCN2C=CC=O)cc1. The van der Waals surface area contributed by atoms with Crippen molar-refractivity contribution >= 4 is 6.29 Å². The summed E-state index contributed by atoms with van der Waals surface area (Å²) in [4.78, 5) is 15.5. The first-order chi connectivity index (χ1) is 12.8. The highest BCUT2D eigenvalue weighted by Gasteiger charge is 2.26. The molecular weight excluding hydrogens is 320 g/mol. The molecule has 2 aromatic rings. The summed E-state index contributed by atoms with van der Waals surface area (Å²) in [6, 6.07) is 17.8. The quantitative estimate of drug-likeness (QED) is 0.554. The first-order valence-corrected chi connectivity index (χ1v) is 9.53. The molecule has 3 nitrogen and oxygen atoms in total. The van der Waals surface area contributed by atoms with Crippen LogP contribution in [0.25, 0.3) is 0 Å². The summed E-state index contributed by atoms with van der Waals surface area (Å²) < 4.78 is 0. The molecule has 0 amide bonds. The fourth-order valence-corrected chi connectivity index (χ4v) is 3.77. The minimum absolute atomic E-state index is 0.165. The molecule has 3 rings (SSSR count). The Bertz CT molecular complexity index is 747. The van der Waals surface area contributed by atoms with E-state index in [-0.39, 0.29) is 6.04 Å². The zero-order valence-corrected chi connectivity index (χ0v) is 15.8. The fraction of sp³-hybridized carbons (Fsp3) is 0.348. The molecule has 0 saturated heterocycles. The molecule has 1 heterocycles. The summed E-state index contributed by atoms with van der Waals surface area (Å²) in [5.41, 5.74) is 5.36. The van der Waals surface area contributed by atoms with Gasteiger partial charge < -0.3 is 4.90 Å². The van der Waals surface area contributed by atoms with Crippen molar-refractivity contribution < 1.29 is 4.79 Å². The third-order valence-electron chi connectivity index (χ3n) is 5.27. The highest BCUT2D eigenvalue weighted by atomic mass is 16.1. The van der Waals surface area contributed by atoms with E-state index in [0.717, 1.165) is 38.9 Å². The van der Waals surface area contributed by atoms with Crippen molar-refractivity contribution in [3.63, 3.8) is 0 Å². The van der Waals surface area contributed by atoms with Gasteiger partial charge >= 0.3 is 0 Å². The van der Waals surface area contributed by atoms with Gasteiger partial charge in [-0.2, -0.15) is 0 Å². The molecule has 0 spiro atoms. The fourth-order valence-electron chi connectivity index (χ4n) is 3.77. The Hall–Kier alpha value is -2.39. The van der Waals surface area contributed by atoms with Crippen LogP contribution in [-0.2, 0) is 17.8 Å². The van der Waals surface area contributed by atoms with Crippen molar-refractivity contribution in [2.75, 3.05) is 19.6 Å².